The molecule has 5 heteroatoms. The van der Waals surface area contributed by atoms with Crippen LogP contribution in [0.15, 0.2) is 0 Å². The SMILES string of the molecule is CCOC(=O)CCCCCc1c(C)[nH]c(C(=O)OCC)c1C. The van der Waals surface area contributed by atoms with E-state index in [0.717, 1.165) is 36.9 Å². The number of aromatic amines is 1. The van der Waals surface area contributed by atoms with Gasteiger partial charge in [0.25, 0.3) is 0 Å². The third-order valence-electron chi connectivity index (χ3n) is 3.69. The second-order valence-corrected chi connectivity index (χ2v) is 5.31. The van der Waals surface area contributed by atoms with Crippen LogP contribution in [0.4, 0.5) is 0 Å². The summed E-state index contributed by atoms with van der Waals surface area (Å²) < 4.78 is 9.95. The molecule has 0 aliphatic carbocycles. The molecule has 0 saturated carbocycles. The van der Waals surface area contributed by atoms with Gasteiger partial charge in [-0.25, -0.2) is 4.79 Å². The van der Waals surface area contributed by atoms with Crippen LogP contribution in [0.3, 0.4) is 0 Å². The predicted molar refractivity (Wildman–Crippen MR) is 85.0 cm³/mol. The summed E-state index contributed by atoms with van der Waals surface area (Å²) in [6.07, 6.45) is 4.17. The third-order valence-corrected chi connectivity index (χ3v) is 3.69. The molecule has 1 N–H and O–H groups in total. The van der Waals surface area contributed by atoms with E-state index in [1.54, 1.807) is 6.92 Å². The molecule has 0 fully saturated rings. The lowest BCUT2D eigenvalue weighted by molar-refractivity contribution is -0.143. The first-order valence-corrected chi connectivity index (χ1v) is 8.02. The van der Waals surface area contributed by atoms with E-state index < -0.39 is 0 Å². The van der Waals surface area contributed by atoms with Crippen molar-refractivity contribution in [1.82, 2.24) is 4.98 Å². The first-order chi connectivity index (χ1) is 10.5. The average molecular weight is 309 g/mol. The fourth-order valence-electron chi connectivity index (χ4n) is 2.55. The van der Waals surface area contributed by atoms with Crippen LogP contribution in [-0.4, -0.2) is 30.1 Å². The van der Waals surface area contributed by atoms with Gasteiger partial charge in [0.2, 0.25) is 0 Å². The number of esters is 2. The largest absolute Gasteiger partial charge is 0.466 e. The number of ether oxygens (including phenoxy) is 2. The molecule has 1 rings (SSSR count). The second-order valence-electron chi connectivity index (χ2n) is 5.31. The Bertz CT molecular complexity index is 505. The minimum atomic E-state index is -0.295. The van der Waals surface area contributed by atoms with Gasteiger partial charge in [0.15, 0.2) is 0 Å². The smallest absolute Gasteiger partial charge is 0.355 e. The molecular formula is C17H27NO4. The number of hydrogen-bond acceptors (Lipinski definition) is 4. The average Bonchev–Trinajstić information content (AvgIpc) is 2.75. The first-order valence-electron chi connectivity index (χ1n) is 8.02. The lowest BCUT2D eigenvalue weighted by Crippen LogP contribution is -2.06. The van der Waals surface area contributed by atoms with Gasteiger partial charge in [-0.2, -0.15) is 0 Å². The Morgan fingerprint density at radius 3 is 2.32 bits per heavy atom. The molecule has 0 unspecified atom stereocenters. The maximum Gasteiger partial charge on any atom is 0.355 e. The predicted octanol–water partition coefficient (Wildman–Crippen LogP) is 3.47. The Balaban J connectivity index is 2.46. The normalized spacial score (nSPS) is 10.5. The fraction of sp³-hybridized carbons (Fsp3) is 0.647. The van der Waals surface area contributed by atoms with Crippen LogP contribution < -0.4 is 0 Å². The molecule has 0 aliphatic heterocycles. The Morgan fingerprint density at radius 2 is 1.68 bits per heavy atom. The van der Waals surface area contributed by atoms with Crippen molar-refractivity contribution in [2.75, 3.05) is 13.2 Å². The molecule has 1 aromatic rings. The van der Waals surface area contributed by atoms with Gasteiger partial charge >= 0.3 is 11.9 Å². The quantitative estimate of drug-likeness (QED) is 0.560. The van der Waals surface area contributed by atoms with Gasteiger partial charge in [0, 0.05) is 12.1 Å². The molecule has 0 saturated heterocycles. The molecule has 22 heavy (non-hydrogen) atoms. The number of unbranched alkanes of at least 4 members (excludes halogenated alkanes) is 2. The van der Waals surface area contributed by atoms with Gasteiger partial charge in [0.1, 0.15) is 5.69 Å². The lowest BCUT2D eigenvalue weighted by Gasteiger charge is -2.04. The number of carbonyl (C=O) groups excluding carboxylic acids is 2. The zero-order valence-electron chi connectivity index (χ0n) is 14.1. The third kappa shape index (κ3) is 5.20. The van der Waals surface area contributed by atoms with Gasteiger partial charge in [-0.3, -0.25) is 4.79 Å². The van der Waals surface area contributed by atoms with Crippen molar-refractivity contribution in [1.29, 1.82) is 0 Å². The lowest BCUT2D eigenvalue weighted by atomic mass is 10.0. The van der Waals surface area contributed by atoms with Crippen molar-refractivity contribution < 1.29 is 19.1 Å². The van der Waals surface area contributed by atoms with E-state index in [-0.39, 0.29) is 11.9 Å². The van der Waals surface area contributed by atoms with Crippen molar-refractivity contribution >= 4 is 11.9 Å². The number of aromatic nitrogens is 1. The number of aryl methyl sites for hydroxylation is 1. The van der Waals surface area contributed by atoms with Crippen LogP contribution in [0, 0.1) is 13.8 Å². The Kier molecular flexibility index (Phi) is 7.71. The molecule has 0 atom stereocenters. The van der Waals surface area contributed by atoms with Gasteiger partial charge in [-0.1, -0.05) is 6.42 Å². The molecule has 5 nitrogen and oxygen atoms in total. The standard InChI is InChI=1S/C17H27NO4/c1-5-21-15(19)11-9-7-8-10-14-12(3)16(18-13(14)4)17(20)22-6-2/h18H,5-11H2,1-4H3. The Morgan fingerprint density at radius 1 is 1.00 bits per heavy atom. The van der Waals surface area contributed by atoms with E-state index >= 15 is 0 Å². The van der Waals surface area contributed by atoms with E-state index in [9.17, 15) is 9.59 Å². The zero-order chi connectivity index (χ0) is 16.5. The Labute approximate surface area is 132 Å². The molecule has 1 heterocycles. The number of nitrogens with one attached hydrogen (secondary N) is 1. The highest BCUT2D eigenvalue weighted by Crippen LogP contribution is 2.21. The maximum absolute atomic E-state index is 11.8. The van der Waals surface area contributed by atoms with Crippen LogP contribution in [0.1, 0.15) is 66.8 Å². The molecule has 1 aromatic heterocycles. The highest BCUT2D eigenvalue weighted by molar-refractivity contribution is 5.89. The molecule has 0 bridgehead atoms. The molecule has 0 radical (unpaired) electrons. The van der Waals surface area contributed by atoms with Crippen LogP contribution >= 0.6 is 0 Å². The van der Waals surface area contributed by atoms with Crippen LogP contribution in [0.5, 0.6) is 0 Å². The molecule has 0 spiro atoms. The maximum atomic E-state index is 11.8. The number of H-pyrrole nitrogens is 1. The van der Waals surface area contributed by atoms with Crippen LogP contribution in [-0.2, 0) is 20.7 Å². The zero-order valence-corrected chi connectivity index (χ0v) is 14.1. The summed E-state index contributed by atoms with van der Waals surface area (Å²) in [6, 6.07) is 0. The summed E-state index contributed by atoms with van der Waals surface area (Å²) in [5.41, 5.74) is 3.73. The van der Waals surface area contributed by atoms with Crippen molar-refractivity contribution in [3.63, 3.8) is 0 Å². The topological polar surface area (TPSA) is 68.4 Å². The minimum absolute atomic E-state index is 0.124. The summed E-state index contributed by atoms with van der Waals surface area (Å²) in [5, 5.41) is 0. The van der Waals surface area contributed by atoms with Gasteiger partial charge in [-0.05, 0) is 58.1 Å². The van der Waals surface area contributed by atoms with Crippen LogP contribution in [0.2, 0.25) is 0 Å². The summed E-state index contributed by atoms with van der Waals surface area (Å²) in [4.78, 5) is 26.2. The van der Waals surface area contributed by atoms with Crippen molar-refractivity contribution in [3.8, 4) is 0 Å². The highest BCUT2D eigenvalue weighted by Gasteiger charge is 2.17. The molecule has 0 aliphatic rings. The second kappa shape index (κ2) is 9.28. The number of hydrogen-bond donors (Lipinski definition) is 1. The van der Waals surface area contributed by atoms with E-state index in [1.807, 2.05) is 20.8 Å². The number of rotatable bonds is 9. The van der Waals surface area contributed by atoms with E-state index in [2.05, 4.69) is 4.98 Å². The van der Waals surface area contributed by atoms with Crippen molar-refractivity contribution in [3.05, 3.63) is 22.5 Å². The monoisotopic (exact) mass is 309 g/mol. The minimum Gasteiger partial charge on any atom is -0.466 e. The van der Waals surface area contributed by atoms with Gasteiger partial charge < -0.3 is 14.5 Å². The van der Waals surface area contributed by atoms with E-state index in [4.69, 9.17) is 9.47 Å². The first kappa shape index (κ1) is 18.3. The molecule has 0 amide bonds. The molecular weight excluding hydrogens is 282 g/mol. The van der Waals surface area contributed by atoms with Crippen LogP contribution in [0.25, 0.3) is 0 Å². The number of carbonyl (C=O) groups is 2. The van der Waals surface area contributed by atoms with E-state index in [1.165, 1.54) is 5.56 Å². The summed E-state index contributed by atoms with van der Waals surface area (Å²) >= 11 is 0. The highest BCUT2D eigenvalue weighted by atomic mass is 16.5. The molecule has 0 aromatic carbocycles. The van der Waals surface area contributed by atoms with Gasteiger partial charge in [0.05, 0.1) is 13.2 Å². The van der Waals surface area contributed by atoms with E-state index in [0.29, 0.717) is 25.3 Å². The van der Waals surface area contributed by atoms with Crippen molar-refractivity contribution in [2.24, 2.45) is 0 Å². The summed E-state index contributed by atoms with van der Waals surface area (Å²) in [6.45, 7) is 8.36. The summed E-state index contributed by atoms with van der Waals surface area (Å²) in [5.74, 6) is -0.419. The fourth-order valence-corrected chi connectivity index (χ4v) is 2.55. The summed E-state index contributed by atoms with van der Waals surface area (Å²) in [7, 11) is 0. The van der Waals surface area contributed by atoms with Crippen molar-refractivity contribution in [2.45, 2.75) is 59.8 Å². The molecule has 124 valence electrons. The van der Waals surface area contributed by atoms with Gasteiger partial charge in [-0.15, -0.1) is 0 Å². The Hall–Kier alpha value is -1.78.